The van der Waals surface area contributed by atoms with Gasteiger partial charge in [0.05, 0.1) is 0 Å². The summed E-state index contributed by atoms with van der Waals surface area (Å²) < 4.78 is 0. The first-order chi connectivity index (χ1) is 4.13. The lowest BCUT2D eigenvalue weighted by Crippen LogP contribution is -2.21. The van der Waals surface area contributed by atoms with Crippen molar-refractivity contribution in [2.75, 3.05) is 6.54 Å². The molecule has 1 N–H and O–H groups in total. The third kappa shape index (κ3) is 7.47. The lowest BCUT2D eigenvalue weighted by molar-refractivity contribution is -0.118. The van der Waals surface area contributed by atoms with Gasteiger partial charge in [-0.05, 0) is 12.3 Å². The number of hydrogen-bond acceptors (Lipinski definition) is 1. The van der Waals surface area contributed by atoms with E-state index in [2.05, 4.69) is 12.2 Å². The summed E-state index contributed by atoms with van der Waals surface area (Å²) >= 11 is 0. The predicted octanol–water partition coefficient (Wildman–Crippen LogP) is 0.983. The molecule has 2 nitrogen and oxygen atoms in total. The molecule has 0 aliphatic heterocycles. The van der Waals surface area contributed by atoms with E-state index in [1.165, 1.54) is 6.92 Å². The highest BCUT2D eigenvalue weighted by atomic mass is 16.1. The monoisotopic (exact) mass is 128 g/mol. The van der Waals surface area contributed by atoms with Gasteiger partial charge in [0, 0.05) is 13.5 Å². The van der Waals surface area contributed by atoms with Crippen LogP contribution in [0.1, 0.15) is 20.3 Å². The van der Waals surface area contributed by atoms with Gasteiger partial charge in [0.15, 0.2) is 0 Å². The quantitative estimate of drug-likeness (QED) is 0.603. The molecule has 0 fully saturated rings. The number of nitrogens with one attached hydrogen (secondary N) is 1. The summed E-state index contributed by atoms with van der Waals surface area (Å²) in [4.78, 5) is 10.3. The van der Waals surface area contributed by atoms with Gasteiger partial charge in [0.25, 0.3) is 0 Å². The lowest BCUT2D eigenvalue weighted by atomic mass is 10.1. The molecule has 0 heterocycles. The first kappa shape index (κ1) is 8.47. The van der Waals surface area contributed by atoms with Crippen LogP contribution in [0.2, 0.25) is 0 Å². The Hall–Kier alpha value is -0.530. The van der Waals surface area contributed by atoms with Gasteiger partial charge in [0.2, 0.25) is 5.91 Å². The van der Waals surface area contributed by atoms with E-state index in [0.29, 0.717) is 5.92 Å². The molecule has 1 radical (unpaired) electrons. The van der Waals surface area contributed by atoms with E-state index >= 15 is 0 Å². The molecule has 0 aromatic carbocycles. The van der Waals surface area contributed by atoms with Crippen LogP contribution in [-0.4, -0.2) is 12.5 Å². The van der Waals surface area contributed by atoms with Crippen molar-refractivity contribution in [3.05, 3.63) is 6.92 Å². The molecule has 0 aromatic heterocycles. The Morgan fingerprint density at radius 2 is 2.33 bits per heavy atom. The predicted molar refractivity (Wildman–Crippen MR) is 37.8 cm³/mol. The molecule has 0 saturated heterocycles. The van der Waals surface area contributed by atoms with Gasteiger partial charge in [-0.3, -0.25) is 4.79 Å². The average Bonchev–Trinajstić information content (AvgIpc) is 1.63. The van der Waals surface area contributed by atoms with Gasteiger partial charge in [-0.15, -0.1) is 0 Å². The van der Waals surface area contributed by atoms with Gasteiger partial charge in [-0.1, -0.05) is 13.8 Å². The maximum atomic E-state index is 10.3. The number of carbonyl (C=O) groups excluding carboxylic acids is 1. The molecule has 0 bridgehead atoms. The Morgan fingerprint density at radius 3 is 2.67 bits per heavy atom. The molecular weight excluding hydrogens is 114 g/mol. The smallest absolute Gasteiger partial charge is 0.216 e. The molecule has 2 heteroatoms. The highest BCUT2D eigenvalue weighted by Crippen LogP contribution is 1.94. The lowest BCUT2D eigenvalue weighted by Gasteiger charge is -2.03. The number of carbonyl (C=O) groups is 1. The Morgan fingerprint density at radius 1 is 1.78 bits per heavy atom. The van der Waals surface area contributed by atoms with Crippen LogP contribution in [0.25, 0.3) is 0 Å². The Bertz CT molecular complexity index is 88.9. The molecule has 0 aliphatic rings. The summed E-state index contributed by atoms with van der Waals surface area (Å²) in [6, 6.07) is 0. The first-order valence-corrected chi connectivity index (χ1v) is 3.20. The van der Waals surface area contributed by atoms with Crippen LogP contribution in [-0.2, 0) is 4.79 Å². The minimum Gasteiger partial charge on any atom is -0.356 e. The van der Waals surface area contributed by atoms with Crippen molar-refractivity contribution < 1.29 is 4.79 Å². The van der Waals surface area contributed by atoms with E-state index in [1.54, 1.807) is 0 Å². The van der Waals surface area contributed by atoms with Gasteiger partial charge in [0.1, 0.15) is 0 Å². The van der Waals surface area contributed by atoms with Crippen LogP contribution >= 0.6 is 0 Å². The van der Waals surface area contributed by atoms with Gasteiger partial charge in [-0.2, -0.15) is 0 Å². The fourth-order valence-corrected chi connectivity index (χ4v) is 0.495. The van der Waals surface area contributed by atoms with Crippen molar-refractivity contribution >= 4 is 5.91 Å². The summed E-state index contributed by atoms with van der Waals surface area (Å²) in [7, 11) is 0. The fraction of sp³-hybridized carbons (Fsp3) is 0.714. The topological polar surface area (TPSA) is 29.1 Å². The Labute approximate surface area is 56.6 Å². The Kier molecular flexibility index (Phi) is 4.10. The summed E-state index contributed by atoms with van der Waals surface area (Å²) in [6.45, 7) is 8.09. The molecule has 1 atom stereocenters. The van der Waals surface area contributed by atoms with Crippen molar-refractivity contribution in [3.8, 4) is 0 Å². The van der Waals surface area contributed by atoms with Crippen LogP contribution in [0.5, 0.6) is 0 Å². The minimum atomic E-state index is 0.0376. The van der Waals surface area contributed by atoms with Gasteiger partial charge in [-0.25, -0.2) is 0 Å². The third-order valence-corrected chi connectivity index (χ3v) is 1.01. The fourth-order valence-electron chi connectivity index (χ4n) is 0.495. The van der Waals surface area contributed by atoms with Crippen molar-refractivity contribution in [2.45, 2.75) is 20.3 Å². The highest BCUT2D eigenvalue weighted by molar-refractivity contribution is 5.72. The molecule has 1 unspecified atom stereocenters. The molecule has 0 saturated carbocycles. The van der Waals surface area contributed by atoms with E-state index in [0.717, 1.165) is 13.0 Å². The number of amides is 1. The standard InChI is InChI=1S/C7H14NO/c1-6(2)4-5-8-7(3)9/h6H,1,4-5H2,2-3H3,(H,8,9). The highest BCUT2D eigenvalue weighted by Gasteiger charge is 1.93. The first-order valence-electron chi connectivity index (χ1n) is 3.20. The van der Waals surface area contributed by atoms with E-state index in [1.807, 2.05) is 6.92 Å². The maximum absolute atomic E-state index is 10.3. The van der Waals surface area contributed by atoms with Crippen molar-refractivity contribution in [2.24, 2.45) is 5.92 Å². The van der Waals surface area contributed by atoms with Crippen molar-refractivity contribution in [1.82, 2.24) is 5.32 Å². The van der Waals surface area contributed by atoms with Gasteiger partial charge < -0.3 is 5.32 Å². The zero-order valence-corrected chi connectivity index (χ0v) is 6.11. The Balaban J connectivity index is 3.01. The second kappa shape index (κ2) is 4.36. The van der Waals surface area contributed by atoms with E-state index in [4.69, 9.17) is 0 Å². The van der Waals surface area contributed by atoms with Gasteiger partial charge >= 0.3 is 0 Å². The van der Waals surface area contributed by atoms with E-state index < -0.39 is 0 Å². The summed E-state index contributed by atoms with van der Waals surface area (Å²) in [6.07, 6.45) is 0.958. The molecule has 53 valence electrons. The number of rotatable bonds is 3. The molecule has 1 amide bonds. The molecule has 9 heavy (non-hydrogen) atoms. The summed E-state index contributed by atoms with van der Waals surface area (Å²) in [5.41, 5.74) is 0. The van der Waals surface area contributed by atoms with Crippen LogP contribution in [0.3, 0.4) is 0 Å². The second-order valence-electron chi connectivity index (χ2n) is 2.38. The summed E-state index contributed by atoms with van der Waals surface area (Å²) in [5, 5.41) is 2.70. The zero-order valence-electron chi connectivity index (χ0n) is 6.11. The minimum absolute atomic E-state index is 0.0376. The van der Waals surface area contributed by atoms with E-state index in [9.17, 15) is 4.79 Å². The van der Waals surface area contributed by atoms with Crippen LogP contribution < -0.4 is 5.32 Å². The molecule has 0 aliphatic carbocycles. The average molecular weight is 128 g/mol. The van der Waals surface area contributed by atoms with Crippen LogP contribution in [0.4, 0.5) is 0 Å². The molecule has 0 rings (SSSR count). The van der Waals surface area contributed by atoms with Crippen molar-refractivity contribution in [3.63, 3.8) is 0 Å². The maximum Gasteiger partial charge on any atom is 0.216 e. The number of hydrogen-bond donors (Lipinski definition) is 1. The second-order valence-corrected chi connectivity index (χ2v) is 2.38. The normalized spacial score (nSPS) is 9.78. The SMILES string of the molecule is [CH2]C(C)CCNC(C)=O. The van der Waals surface area contributed by atoms with Crippen LogP contribution in [0, 0.1) is 12.8 Å². The van der Waals surface area contributed by atoms with Crippen LogP contribution in [0.15, 0.2) is 0 Å². The molecular formula is C7H14NO. The largest absolute Gasteiger partial charge is 0.356 e. The molecule has 0 spiro atoms. The third-order valence-electron chi connectivity index (χ3n) is 1.01. The zero-order chi connectivity index (χ0) is 7.28. The summed E-state index contributed by atoms with van der Waals surface area (Å²) in [5.74, 6) is 0.465. The van der Waals surface area contributed by atoms with E-state index in [-0.39, 0.29) is 5.91 Å². The molecule has 0 aromatic rings. The van der Waals surface area contributed by atoms with Crippen molar-refractivity contribution in [1.29, 1.82) is 0 Å².